The summed E-state index contributed by atoms with van der Waals surface area (Å²) in [6.45, 7) is 0. The van der Waals surface area contributed by atoms with Crippen LogP contribution in [0.1, 0.15) is 64.2 Å². The Labute approximate surface area is 106 Å². The molecule has 0 aromatic carbocycles. The monoisotopic (exact) mass is 262 g/mol. The van der Waals surface area contributed by atoms with Crippen molar-refractivity contribution in [2.45, 2.75) is 69.2 Å². The van der Waals surface area contributed by atoms with Crippen LogP contribution in [-0.2, 0) is 0 Å². The van der Waals surface area contributed by atoms with Crippen LogP contribution >= 0.6 is 0 Å². The fraction of sp³-hybridized carbons (Fsp3) is 1.00. The molecule has 0 heterocycles. The van der Waals surface area contributed by atoms with Crippen molar-refractivity contribution in [3.8, 4) is 0 Å². The predicted molar refractivity (Wildman–Crippen MR) is 67.2 cm³/mol. The van der Waals surface area contributed by atoms with Gasteiger partial charge in [-0.3, -0.25) is 0 Å². The minimum absolute atomic E-state index is 1.12. The first-order valence-corrected chi connectivity index (χ1v) is 8.83. The predicted octanol–water partition coefficient (Wildman–Crippen LogP) is 4.35. The van der Waals surface area contributed by atoms with Crippen molar-refractivity contribution in [3.05, 3.63) is 0 Å². The zero-order valence-electron chi connectivity index (χ0n) is 10.1. The molecule has 0 aromatic heterocycles. The first-order valence-electron chi connectivity index (χ1n) is 7.12. The van der Waals surface area contributed by atoms with E-state index in [0.29, 0.717) is 0 Å². The van der Waals surface area contributed by atoms with E-state index in [1.165, 1.54) is 43.5 Å². The molecule has 0 bridgehead atoms. The van der Waals surface area contributed by atoms with Gasteiger partial charge in [-0.1, -0.05) is 0 Å². The van der Waals surface area contributed by atoms with Gasteiger partial charge in [-0.15, -0.1) is 0 Å². The maximum atomic E-state index is 1.99. The fourth-order valence-corrected chi connectivity index (χ4v) is 5.51. The van der Waals surface area contributed by atoms with Crippen LogP contribution in [0.15, 0.2) is 0 Å². The molecule has 0 aromatic rings. The first kappa shape index (κ1) is 12.1. The summed E-state index contributed by atoms with van der Waals surface area (Å²) >= 11 is 1.99. The van der Waals surface area contributed by atoms with Crippen LogP contribution in [0.2, 0.25) is 4.98 Å². The Hall–Kier alpha value is 0.636. The van der Waals surface area contributed by atoms with Crippen molar-refractivity contribution in [1.29, 1.82) is 0 Å². The summed E-state index contributed by atoms with van der Waals surface area (Å²) in [4.78, 5) is 1.52. The molecule has 84 valence electrons. The van der Waals surface area contributed by atoms with Gasteiger partial charge in [0.05, 0.1) is 0 Å². The van der Waals surface area contributed by atoms with Crippen LogP contribution in [0.5, 0.6) is 0 Å². The molecule has 0 spiro atoms. The maximum absolute atomic E-state index is 1.99. The summed E-state index contributed by atoms with van der Waals surface area (Å²) < 4.78 is 0. The Morgan fingerprint density at radius 2 is 1.13 bits per heavy atom. The van der Waals surface area contributed by atoms with Gasteiger partial charge < -0.3 is 0 Å². The van der Waals surface area contributed by atoms with Gasteiger partial charge in [0.25, 0.3) is 0 Å². The number of hydrogen-bond acceptors (Lipinski definition) is 0. The third-order valence-electron chi connectivity index (χ3n) is 4.78. The van der Waals surface area contributed by atoms with E-state index in [1.807, 2.05) is 18.6 Å². The van der Waals surface area contributed by atoms with Crippen LogP contribution in [0, 0.1) is 17.8 Å². The van der Waals surface area contributed by atoms with Crippen molar-refractivity contribution in [2.24, 2.45) is 17.8 Å². The molecule has 2 radical (unpaired) electrons. The fourth-order valence-electron chi connectivity index (χ4n) is 3.89. The molecule has 0 nitrogen and oxygen atoms in total. The molecule has 0 amide bonds. The van der Waals surface area contributed by atoms with Crippen LogP contribution in [-0.4, -0.2) is 18.6 Å². The number of rotatable bonds is 3. The molecule has 2 saturated carbocycles. The standard InChI is InChI=1S/C14H25.Ga/c1-12(13-8-4-2-5-9-13)14-10-6-3-7-11-14;/h12-14H,1-11H2;. The minimum atomic E-state index is 1.12. The second-order valence-corrected chi connectivity index (χ2v) is 6.68. The summed E-state index contributed by atoms with van der Waals surface area (Å²) in [5.41, 5.74) is 0. The van der Waals surface area contributed by atoms with Crippen molar-refractivity contribution in [3.63, 3.8) is 0 Å². The van der Waals surface area contributed by atoms with Gasteiger partial charge in [0.15, 0.2) is 0 Å². The molecule has 2 rings (SSSR count). The quantitative estimate of drug-likeness (QED) is 0.664. The molecule has 2 aliphatic rings. The molecule has 2 aliphatic carbocycles. The van der Waals surface area contributed by atoms with Gasteiger partial charge in [0.2, 0.25) is 0 Å². The molecule has 0 unspecified atom stereocenters. The first-order chi connectivity index (χ1) is 7.42. The molecule has 1 heteroatoms. The Bertz CT molecular complexity index is 148. The van der Waals surface area contributed by atoms with Crippen LogP contribution in [0.4, 0.5) is 0 Å². The Balaban J connectivity index is 1.88. The van der Waals surface area contributed by atoms with Gasteiger partial charge in [0, 0.05) is 0 Å². The SMILES string of the molecule is [Ga][CH2]C(C1CCCCC1)C1CCCCC1. The van der Waals surface area contributed by atoms with E-state index in [0.717, 1.165) is 17.8 Å². The van der Waals surface area contributed by atoms with Crippen molar-refractivity contribution in [2.75, 3.05) is 0 Å². The van der Waals surface area contributed by atoms with Crippen LogP contribution in [0.25, 0.3) is 0 Å². The van der Waals surface area contributed by atoms with Gasteiger partial charge in [-0.2, -0.15) is 0 Å². The van der Waals surface area contributed by atoms with E-state index >= 15 is 0 Å². The van der Waals surface area contributed by atoms with Gasteiger partial charge in [-0.05, 0) is 0 Å². The second-order valence-electron chi connectivity index (χ2n) is 5.70. The number of hydrogen-bond donors (Lipinski definition) is 0. The third-order valence-corrected chi connectivity index (χ3v) is 5.92. The molecule has 0 aliphatic heterocycles. The molecular weight excluding hydrogens is 238 g/mol. The average Bonchev–Trinajstić information content (AvgIpc) is 2.33. The zero-order valence-corrected chi connectivity index (χ0v) is 12.5. The van der Waals surface area contributed by atoms with E-state index < -0.39 is 0 Å². The van der Waals surface area contributed by atoms with Gasteiger partial charge >= 0.3 is 106 Å². The summed E-state index contributed by atoms with van der Waals surface area (Å²) in [5, 5.41) is 0. The molecule has 0 atom stereocenters. The van der Waals surface area contributed by atoms with Crippen LogP contribution in [0.3, 0.4) is 0 Å². The van der Waals surface area contributed by atoms with E-state index in [9.17, 15) is 0 Å². The van der Waals surface area contributed by atoms with E-state index in [2.05, 4.69) is 0 Å². The molecular formula is C14H25Ga. The topological polar surface area (TPSA) is 0 Å². The van der Waals surface area contributed by atoms with Gasteiger partial charge in [-0.25, -0.2) is 0 Å². The summed E-state index contributed by atoms with van der Waals surface area (Å²) in [5.74, 6) is 3.35. The Morgan fingerprint density at radius 3 is 1.47 bits per heavy atom. The van der Waals surface area contributed by atoms with Crippen molar-refractivity contribution < 1.29 is 0 Å². The summed E-state index contributed by atoms with van der Waals surface area (Å²) in [6, 6.07) is 0. The molecule has 15 heavy (non-hydrogen) atoms. The normalized spacial score (nSPS) is 25.9. The molecule has 0 N–H and O–H groups in total. The average molecular weight is 263 g/mol. The zero-order chi connectivity index (χ0) is 10.5. The molecule has 0 saturated heterocycles. The second kappa shape index (κ2) is 6.39. The van der Waals surface area contributed by atoms with Crippen LogP contribution < -0.4 is 0 Å². The van der Waals surface area contributed by atoms with Gasteiger partial charge in [0.1, 0.15) is 0 Å². The van der Waals surface area contributed by atoms with Crippen molar-refractivity contribution in [1.82, 2.24) is 0 Å². The molecule has 2 fully saturated rings. The van der Waals surface area contributed by atoms with Crippen molar-refractivity contribution >= 4 is 18.6 Å². The third kappa shape index (κ3) is 3.29. The summed E-state index contributed by atoms with van der Waals surface area (Å²) in [6.07, 6.45) is 15.4. The Kier molecular flexibility index (Phi) is 5.16. The van der Waals surface area contributed by atoms with E-state index in [4.69, 9.17) is 0 Å². The van der Waals surface area contributed by atoms with E-state index in [1.54, 1.807) is 25.7 Å². The Morgan fingerprint density at radius 1 is 0.733 bits per heavy atom. The summed E-state index contributed by atoms with van der Waals surface area (Å²) in [7, 11) is 0. The van der Waals surface area contributed by atoms with E-state index in [-0.39, 0.29) is 0 Å².